The third-order valence-electron chi connectivity index (χ3n) is 3.55. The molecule has 2 aromatic carbocycles. The molecule has 0 aliphatic rings. The van der Waals surface area contributed by atoms with E-state index >= 15 is 0 Å². The van der Waals surface area contributed by atoms with Gasteiger partial charge in [0.1, 0.15) is 0 Å². The summed E-state index contributed by atoms with van der Waals surface area (Å²) in [5.41, 5.74) is 1.30. The second-order valence-corrected chi connectivity index (χ2v) is 10.6. The molecule has 2 rings (SSSR count). The fourth-order valence-corrected chi connectivity index (χ4v) is 8.28. The summed E-state index contributed by atoms with van der Waals surface area (Å²) < 4.78 is 2.53. The molecule has 0 aromatic heterocycles. The molecule has 2 aromatic rings. The predicted octanol–water partition coefficient (Wildman–Crippen LogP) is 3.51. The van der Waals surface area contributed by atoms with Gasteiger partial charge in [-0.05, 0) is 0 Å². The zero-order chi connectivity index (χ0) is 16.1. The molecule has 118 valence electrons. The first kappa shape index (κ1) is 17.9. The van der Waals surface area contributed by atoms with E-state index in [2.05, 4.69) is 74.1 Å². The molecule has 0 N–H and O–H groups in total. The second kappa shape index (κ2) is 8.40. The molecule has 22 heavy (non-hydrogen) atoms. The van der Waals surface area contributed by atoms with Crippen molar-refractivity contribution >= 4 is 65.1 Å². The van der Waals surface area contributed by atoms with Crippen molar-refractivity contribution in [2.45, 2.75) is 13.8 Å². The first-order chi connectivity index (χ1) is 10.6. The maximum atomic E-state index is 5.59. The van der Waals surface area contributed by atoms with Gasteiger partial charge < -0.3 is 0 Å². The SMILES string of the molecule is CCN(CC)C(=S)S[Te]c1cccc2cccc(N(C)C)c12. The summed E-state index contributed by atoms with van der Waals surface area (Å²) in [5.74, 6) is 0. The number of anilines is 1. The van der Waals surface area contributed by atoms with Crippen molar-refractivity contribution in [2.75, 3.05) is 32.1 Å². The van der Waals surface area contributed by atoms with Crippen molar-refractivity contribution in [3.8, 4) is 0 Å². The van der Waals surface area contributed by atoms with Crippen molar-refractivity contribution in [2.24, 2.45) is 0 Å². The number of fused-ring (bicyclic) bond motifs is 1. The molecule has 0 aliphatic heterocycles. The van der Waals surface area contributed by atoms with Crippen LogP contribution in [0.2, 0.25) is 0 Å². The number of hydrogen-bond acceptors (Lipinski definition) is 3. The van der Waals surface area contributed by atoms with E-state index < -0.39 is 19.5 Å². The van der Waals surface area contributed by atoms with E-state index in [1.54, 1.807) is 0 Å². The van der Waals surface area contributed by atoms with Crippen LogP contribution in [0.3, 0.4) is 0 Å². The van der Waals surface area contributed by atoms with Crippen LogP contribution in [-0.2, 0) is 0 Å². The molecule has 0 amide bonds. The predicted molar refractivity (Wildman–Crippen MR) is 107 cm³/mol. The van der Waals surface area contributed by atoms with Gasteiger partial charge in [-0.1, -0.05) is 0 Å². The Bertz CT molecular complexity index is 649. The minimum absolute atomic E-state index is 0.399. The van der Waals surface area contributed by atoms with Gasteiger partial charge in [0.25, 0.3) is 0 Å². The Morgan fingerprint density at radius 1 is 1.09 bits per heavy atom. The first-order valence-corrected chi connectivity index (χ1v) is 12.6. The van der Waals surface area contributed by atoms with Crippen LogP contribution in [0, 0.1) is 0 Å². The van der Waals surface area contributed by atoms with E-state index in [9.17, 15) is 0 Å². The minimum atomic E-state index is -0.399. The first-order valence-electron chi connectivity index (χ1n) is 7.41. The molecule has 0 saturated heterocycles. The van der Waals surface area contributed by atoms with E-state index in [1.165, 1.54) is 20.1 Å². The fourth-order valence-electron chi connectivity index (χ4n) is 2.34. The quantitative estimate of drug-likeness (QED) is 0.513. The standard InChI is InChI=1S/C17H22N2S2Te/c1-5-19(6-2)17(20)21-22-15-12-8-10-13-9-7-11-14(16(13)15)18(3)4/h7-12H,5-6H2,1-4H3. The van der Waals surface area contributed by atoms with E-state index in [1.807, 2.05) is 8.99 Å². The van der Waals surface area contributed by atoms with Gasteiger partial charge >= 0.3 is 152 Å². The molecule has 0 saturated carbocycles. The van der Waals surface area contributed by atoms with E-state index in [0.29, 0.717) is 0 Å². The Labute approximate surface area is 151 Å². The molecule has 2 nitrogen and oxygen atoms in total. The molecule has 5 heteroatoms. The van der Waals surface area contributed by atoms with Crippen LogP contribution < -0.4 is 8.51 Å². The zero-order valence-electron chi connectivity index (χ0n) is 13.5. The van der Waals surface area contributed by atoms with E-state index in [4.69, 9.17) is 12.2 Å². The fraction of sp³-hybridized carbons (Fsp3) is 0.353. The number of thiocarbonyl (C=S) groups is 1. The molecular formula is C17H22N2S2Te. The molecule has 0 radical (unpaired) electrons. The summed E-state index contributed by atoms with van der Waals surface area (Å²) in [4.78, 5) is 4.47. The summed E-state index contributed by atoms with van der Waals surface area (Å²) in [7, 11) is 6.11. The Hall–Kier alpha value is -0.470. The molecule has 0 fully saturated rings. The average Bonchev–Trinajstić information content (AvgIpc) is 2.53. The van der Waals surface area contributed by atoms with Gasteiger partial charge in [0.05, 0.1) is 0 Å². The van der Waals surface area contributed by atoms with Gasteiger partial charge in [0, 0.05) is 0 Å². The molecule has 0 heterocycles. The Morgan fingerprint density at radius 2 is 1.73 bits per heavy atom. The Kier molecular flexibility index (Phi) is 6.83. The van der Waals surface area contributed by atoms with Crippen molar-refractivity contribution in [3.05, 3.63) is 36.4 Å². The number of rotatable bonds is 5. The van der Waals surface area contributed by atoms with Gasteiger partial charge in [-0.25, -0.2) is 0 Å². The molecule has 0 aliphatic carbocycles. The Morgan fingerprint density at radius 3 is 2.32 bits per heavy atom. The van der Waals surface area contributed by atoms with Crippen molar-refractivity contribution in [3.63, 3.8) is 0 Å². The number of nitrogens with zero attached hydrogens (tertiary/aromatic N) is 2. The maximum absolute atomic E-state index is 5.59. The molecule has 0 unspecified atom stereocenters. The normalized spacial score (nSPS) is 10.7. The topological polar surface area (TPSA) is 6.48 Å². The van der Waals surface area contributed by atoms with E-state index in [-0.39, 0.29) is 0 Å². The van der Waals surface area contributed by atoms with Crippen molar-refractivity contribution in [1.29, 1.82) is 0 Å². The summed E-state index contributed by atoms with van der Waals surface area (Å²) in [6, 6.07) is 13.2. The van der Waals surface area contributed by atoms with Gasteiger partial charge in [-0.15, -0.1) is 0 Å². The van der Waals surface area contributed by atoms with Crippen LogP contribution in [0.4, 0.5) is 5.69 Å². The van der Waals surface area contributed by atoms with Crippen LogP contribution in [0.25, 0.3) is 10.8 Å². The van der Waals surface area contributed by atoms with Crippen LogP contribution in [0.1, 0.15) is 13.8 Å². The van der Waals surface area contributed by atoms with Gasteiger partial charge in [-0.3, -0.25) is 0 Å². The summed E-state index contributed by atoms with van der Waals surface area (Å²) >= 11 is 5.19. The number of benzene rings is 2. The average molecular weight is 446 g/mol. The van der Waals surface area contributed by atoms with E-state index in [0.717, 1.165) is 17.4 Å². The van der Waals surface area contributed by atoms with Gasteiger partial charge in [-0.2, -0.15) is 0 Å². The summed E-state index contributed by atoms with van der Waals surface area (Å²) in [6.45, 7) is 6.32. The van der Waals surface area contributed by atoms with Crippen LogP contribution in [0.5, 0.6) is 0 Å². The molecular weight excluding hydrogens is 424 g/mol. The summed E-state index contributed by atoms with van der Waals surface area (Å²) in [6.07, 6.45) is 0. The zero-order valence-corrected chi connectivity index (χ0v) is 17.5. The van der Waals surface area contributed by atoms with Crippen LogP contribution in [-0.4, -0.2) is 56.0 Å². The van der Waals surface area contributed by atoms with Gasteiger partial charge in [0.15, 0.2) is 0 Å². The van der Waals surface area contributed by atoms with Gasteiger partial charge in [0.2, 0.25) is 0 Å². The van der Waals surface area contributed by atoms with Crippen molar-refractivity contribution < 1.29 is 0 Å². The number of hydrogen-bond donors (Lipinski definition) is 0. The molecule has 0 atom stereocenters. The Balaban J connectivity index is 2.30. The monoisotopic (exact) mass is 448 g/mol. The molecule has 0 spiro atoms. The third-order valence-corrected chi connectivity index (χ3v) is 10.3. The third kappa shape index (κ3) is 4.08. The van der Waals surface area contributed by atoms with Crippen LogP contribution in [0.15, 0.2) is 36.4 Å². The van der Waals surface area contributed by atoms with Crippen molar-refractivity contribution in [1.82, 2.24) is 4.90 Å². The second-order valence-electron chi connectivity index (χ2n) is 5.13. The molecule has 0 bridgehead atoms. The van der Waals surface area contributed by atoms with Crippen LogP contribution >= 0.6 is 21.2 Å². The summed E-state index contributed by atoms with van der Waals surface area (Å²) in [5, 5.41) is 2.72.